The first kappa shape index (κ1) is 18.0. The van der Waals surface area contributed by atoms with Crippen molar-refractivity contribution in [2.75, 3.05) is 5.32 Å². The molecule has 1 aliphatic carbocycles. The van der Waals surface area contributed by atoms with Gasteiger partial charge < -0.3 is 5.32 Å². The van der Waals surface area contributed by atoms with E-state index in [-0.39, 0.29) is 11.8 Å². The summed E-state index contributed by atoms with van der Waals surface area (Å²) in [7, 11) is 0. The largest absolute Gasteiger partial charge is 0.326 e. The van der Waals surface area contributed by atoms with Crippen molar-refractivity contribution in [2.24, 2.45) is 0 Å². The van der Waals surface area contributed by atoms with E-state index in [1.165, 1.54) is 17.7 Å². The van der Waals surface area contributed by atoms with Gasteiger partial charge >= 0.3 is 0 Å². The first-order valence-corrected chi connectivity index (χ1v) is 10.2. The molecule has 2 aromatic carbocycles. The third-order valence-corrected chi connectivity index (χ3v) is 5.76. The molecular formula is C22H22BrN3O. The number of aromatic amines is 1. The summed E-state index contributed by atoms with van der Waals surface area (Å²) >= 11 is 3.44. The molecule has 138 valence electrons. The van der Waals surface area contributed by atoms with Crippen molar-refractivity contribution in [1.82, 2.24) is 10.2 Å². The molecule has 4 nitrogen and oxygen atoms in total. The molecule has 0 radical (unpaired) electrons. The van der Waals surface area contributed by atoms with E-state index in [4.69, 9.17) is 0 Å². The average Bonchev–Trinajstić information content (AvgIpc) is 3.28. The summed E-state index contributed by atoms with van der Waals surface area (Å²) in [4.78, 5) is 12.8. The van der Waals surface area contributed by atoms with Gasteiger partial charge in [-0.25, -0.2) is 0 Å². The molecule has 2 N–H and O–H groups in total. The fraction of sp³-hybridized carbons (Fsp3) is 0.273. The van der Waals surface area contributed by atoms with E-state index in [0.29, 0.717) is 0 Å². The number of rotatable bonds is 5. The molecule has 0 bridgehead atoms. The number of halogens is 1. The van der Waals surface area contributed by atoms with Crippen LogP contribution in [0, 0.1) is 0 Å². The van der Waals surface area contributed by atoms with Gasteiger partial charge in [-0.2, -0.15) is 5.10 Å². The van der Waals surface area contributed by atoms with Crippen molar-refractivity contribution in [3.63, 3.8) is 0 Å². The third-order valence-electron chi connectivity index (χ3n) is 5.23. The number of hydrogen-bond donors (Lipinski definition) is 2. The smallest absolute Gasteiger partial charge is 0.231 e. The zero-order valence-electron chi connectivity index (χ0n) is 15.3. The van der Waals surface area contributed by atoms with Gasteiger partial charge in [0, 0.05) is 27.0 Å². The van der Waals surface area contributed by atoms with E-state index in [1.807, 2.05) is 55.5 Å². The normalized spacial score (nSPS) is 14.0. The summed E-state index contributed by atoms with van der Waals surface area (Å²) in [6, 6.07) is 15.9. The molecule has 1 aromatic heterocycles. The Labute approximate surface area is 167 Å². The number of hydrogen-bond acceptors (Lipinski definition) is 2. The molecule has 1 amide bonds. The number of nitrogens with zero attached hydrogens (tertiary/aromatic N) is 1. The van der Waals surface area contributed by atoms with E-state index in [1.54, 1.807) is 0 Å². The standard InChI is InChI=1S/C22H22BrN3O/c1-2-18(14-6-10-16(23)11-7-14)22(27)24-17-12-8-15(9-13-17)21-19-4-3-5-20(19)25-26-21/h6-13,18H,2-5H2,1H3,(H,24,27)(H,25,26). The molecule has 4 rings (SSSR count). The molecule has 1 heterocycles. The maximum atomic E-state index is 12.8. The van der Waals surface area contributed by atoms with Crippen LogP contribution in [0.3, 0.4) is 0 Å². The van der Waals surface area contributed by atoms with E-state index in [0.717, 1.165) is 46.2 Å². The number of H-pyrrole nitrogens is 1. The first-order valence-electron chi connectivity index (χ1n) is 9.38. The Bertz CT molecular complexity index is 945. The first-order chi connectivity index (χ1) is 13.2. The van der Waals surface area contributed by atoms with Crippen molar-refractivity contribution in [2.45, 2.75) is 38.5 Å². The van der Waals surface area contributed by atoms with E-state index >= 15 is 0 Å². The average molecular weight is 424 g/mol. The number of aromatic nitrogens is 2. The van der Waals surface area contributed by atoms with Gasteiger partial charge in [-0.05, 0) is 55.5 Å². The Hall–Kier alpha value is -2.40. The van der Waals surface area contributed by atoms with Crippen LogP contribution in [-0.2, 0) is 17.6 Å². The van der Waals surface area contributed by atoms with Crippen LogP contribution in [0.2, 0.25) is 0 Å². The molecule has 1 atom stereocenters. The Morgan fingerprint density at radius 3 is 2.59 bits per heavy atom. The molecular weight excluding hydrogens is 402 g/mol. The molecule has 0 saturated heterocycles. The Kier molecular flexibility index (Phi) is 5.12. The Morgan fingerprint density at radius 2 is 1.89 bits per heavy atom. The monoisotopic (exact) mass is 423 g/mol. The molecule has 1 aliphatic rings. The highest BCUT2D eigenvalue weighted by atomic mass is 79.9. The van der Waals surface area contributed by atoms with Gasteiger partial charge in [-0.15, -0.1) is 0 Å². The van der Waals surface area contributed by atoms with Gasteiger partial charge in [0.05, 0.1) is 11.6 Å². The predicted octanol–water partition coefficient (Wildman–Crippen LogP) is 5.46. The zero-order valence-corrected chi connectivity index (χ0v) is 16.8. The van der Waals surface area contributed by atoms with Crippen molar-refractivity contribution in [1.29, 1.82) is 0 Å². The molecule has 0 saturated carbocycles. The maximum Gasteiger partial charge on any atom is 0.231 e. The van der Waals surface area contributed by atoms with Crippen LogP contribution >= 0.6 is 15.9 Å². The minimum atomic E-state index is -0.160. The number of carbonyl (C=O) groups is 1. The molecule has 5 heteroatoms. The summed E-state index contributed by atoms with van der Waals surface area (Å²) in [6.45, 7) is 2.04. The number of carbonyl (C=O) groups excluding carboxylic acids is 1. The van der Waals surface area contributed by atoms with Crippen LogP contribution in [0.4, 0.5) is 5.69 Å². The molecule has 27 heavy (non-hydrogen) atoms. The maximum absolute atomic E-state index is 12.8. The summed E-state index contributed by atoms with van der Waals surface area (Å²) in [5.74, 6) is -0.138. The Morgan fingerprint density at radius 1 is 1.15 bits per heavy atom. The van der Waals surface area contributed by atoms with Crippen LogP contribution in [0.5, 0.6) is 0 Å². The van der Waals surface area contributed by atoms with Crippen LogP contribution < -0.4 is 5.32 Å². The second kappa shape index (κ2) is 7.69. The lowest BCUT2D eigenvalue weighted by atomic mass is 9.95. The van der Waals surface area contributed by atoms with Crippen LogP contribution in [-0.4, -0.2) is 16.1 Å². The zero-order chi connectivity index (χ0) is 18.8. The quantitative estimate of drug-likeness (QED) is 0.572. The third kappa shape index (κ3) is 3.69. The van der Waals surface area contributed by atoms with Gasteiger partial charge in [0.2, 0.25) is 5.91 Å². The van der Waals surface area contributed by atoms with Crippen LogP contribution in [0.15, 0.2) is 53.0 Å². The topological polar surface area (TPSA) is 57.8 Å². The second-order valence-corrected chi connectivity index (χ2v) is 7.88. The Balaban J connectivity index is 1.49. The summed E-state index contributed by atoms with van der Waals surface area (Å²) < 4.78 is 1.02. The highest BCUT2D eigenvalue weighted by molar-refractivity contribution is 9.10. The highest BCUT2D eigenvalue weighted by Gasteiger charge is 2.20. The fourth-order valence-corrected chi connectivity index (χ4v) is 4.03. The number of amides is 1. The minimum Gasteiger partial charge on any atom is -0.326 e. The van der Waals surface area contributed by atoms with E-state index in [2.05, 4.69) is 31.4 Å². The van der Waals surface area contributed by atoms with Crippen molar-refractivity contribution < 1.29 is 4.79 Å². The lowest BCUT2D eigenvalue weighted by Gasteiger charge is -2.16. The number of fused-ring (bicyclic) bond motifs is 1. The summed E-state index contributed by atoms with van der Waals surface area (Å²) in [5.41, 5.74) is 6.58. The number of benzene rings is 2. The highest BCUT2D eigenvalue weighted by Crippen LogP contribution is 2.31. The van der Waals surface area contributed by atoms with Gasteiger partial charge in [-0.3, -0.25) is 9.89 Å². The fourth-order valence-electron chi connectivity index (χ4n) is 3.77. The van der Waals surface area contributed by atoms with Crippen molar-refractivity contribution in [3.05, 3.63) is 69.8 Å². The SMILES string of the molecule is CCC(C(=O)Nc1ccc(-c2n[nH]c3c2CCC3)cc1)c1ccc(Br)cc1. The van der Waals surface area contributed by atoms with Gasteiger partial charge in [0.25, 0.3) is 0 Å². The number of aryl methyl sites for hydroxylation is 1. The van der Waals surface area contributed by atoms with Crippen LogP contribution in [0.25, 0.3) is 11.3 Å². The van der Waals surface area contributed by atoms with Gasteiger partial charge in [-0.1, -0.05) is 47.1 Å². The molecule has 3 aromatic rings. The van der Waals surface area contributed by atoms with E-state index < -0.39 is 0 Å². The van der Waals surface area contributed by atoms with E-state index in [9.17, 15) is 4.79 Å². The summed E-state index contributed by atoms with van der Waals surface area (Å²) in [6.07, 6.45) is 4.13. The predicted molar refractivity (Wildman–Crippen MR) is 112 cm³/mol. The van der Waals surface area contributed by atoms with Gasteiger partial charge in [0.1, 0.15) is 0 Å². The molecule has 0 fully saturated rings. The molecule has 0 spiro atoms. The van der Waals surface area contributed by atoms with Crippen LogP contribution in [0.1, 0.15) is 42.5 Å². The lowest BCUT2D eigenvalue weighted by Crippen LogP contribution is -2.20. The van der Waals surface area contributed by atoms with Crippen molar-refractivity contribution in [3.8, 4) is 11.3 Å². The van der Waals surface area contributed by atoms with Crippen molar-refractivity contribution >= 4 is 27.5 Å². The summed E-state index contributed by atoms with van der Waals surface area (Å²) in [5, 5.41) is 10.7. The molecule has 1 unspecified atom stereocenters. The van der Waals surface area contributed by atoms with Gasteiger partial charge in [0.15, 0.2) is 0 Å². The molecule has 0 aliphatic heterocycles. The minimum absolute atomic E-state index is 0.0215. The second-order valence-electron chi connectivity index (χ2n) is 6.96. The number of anilines is 1. The number of nitrogens with one attached hydrogen (secondary N) is 2. The lowest BCUT2D eigenvalue weighted by molar-refractivity contribution is -0.117.